The molecular formula is C19H23N3O3. The molecule has 2 rings (SSSR count). The van der Waals surface area contributed by atoms with Crippen LogP contribution >= 0.6 is 0 Å². The zero-order valence-corrected chi connectivity index (χ0v) is 14.7. The molecule has 25 heavy (non-hydrogen) atoms. The number of ether oxygens (including phenoxy) is 1. The molecule has 0 aromatic heterocycles. The van der Waals surface area contributed by atoms with Gasteiger partial charge in [-0.15, -0.1) is 0 Å². The van der Waals surface area contributed by atoms with E-state index >= 15 is 0 Å². The summed E-state index contributed by atoms with van der Waals surface area (Å²) in [4.78, 5) is 23.7. The second kappa shape index (κ2) is 8.73. The number of aryl methyl sites for hydroxylation is 1. The largest absolute Gasteiger partial charge is 0.495 e. The maximum Gasteiger partial charge on any atom is 0.243 e. The number of para-hydroxylation sites is 2. The Morgan fingerprint density at radius 3 is 2.48 bits per heavy atom. The van der Waals surface area contributed by atoms with Crippen molar-refractivity contribution < 1.29 is 14.3 Å². The fraction of sp³-hybridized carbons (Fsp3) is 0.263. The van der Waals surface area contributed by atoms with Gasteiger partial charge in [0.2, 0.25) is 11.8 Å². The maximum atomic E-state index is 12.2. The molecule has 2 aromatic rings. The standard InChI is InChI=1S/C19H23N3O3/c1-4-18(23)22-16-11-14(10-9-13(16)2)21-19(24)12-20-15-7-5-6-8-17(15)25-3/h5-11,20H,4,12H2,1-3H3,(H,21,24)(H,22,23). The zero-order valence-electron chi connectivity index (χ0n) is 14.7. The van der Waals surface area contributed by atoms with Crippen molar-refractivity contribution in [3.8, 4) is 5.75 Å². The van der Waals surface area contributed by atoms with Crippen molar-refractivity contribution in [2.45, 2.75) is 20.3 Å². The first-order chi connectivity index (χ1) is 12.0. The Morgan fingerprint density at radius 1 is 1.00 bits per heavy atom. The van der Waals surface area contributed by atoms with Gasteiger partial charge in [0.1, 0.15) is 5.75 Å². The molecular weight excluding hydrogens is 318 g/mol. The van der Waals surface area contributed by atoms with Crippen LogP contribution < -0.4 is 20.7 Å². The summed E-state index contributed by atoms with van der Waals surface area (Å²) in [5, 5.41) is 8.68. The molecule has 6 heteroatoms. The van der Waals surface area contributed by atoms with Crippen LogP contribution in [0.4, 0.5) is 17.1 Å². The molecule has 0 atom stereocenters. The van der Waals surface area contributed by atoms with Gasteiger partial charge in [-0.2, -0.15) is 0 Å². The van der Waals surface area contributed by atoms with Gasteiger partial charge in [-0.05, 0) is 36.8 Å². The molecule has 2 amide bonds. The first-order valence-electron chi connectivity index (χ1n) is 8.10. The van der Waals surface area contributed by atoms with E-state index < -0.39 is 0 Å². The van der Waals surface area contributed by atoms with E-state index in [1.807, 2.05) is 37.3 Å². The number of carbonyl (C=O) groups excluding carboxylic acids is 2. The van der Waals surface area contributed by atoms with Gasteiger partial charge in [-0.3, -0.25) is 9.59 Å². The van der Waals surface area contributed by atoms with Gasteiger partial charge in [0, 0.05) is 17.8 Å². The molecule has 2 aromatic carbocycles. The van der Waals surface area contributed by atoms with Crippen molar-refractivity contribution in [2.75, 3.05) is 29.6 Å². The van der Waals surface area contributed by atoms with E-state index in [2.05, 4.69) is 16.0 Å². The molecule has 0 aliphatic carbocycles. The van der Waals surface area contributed by atoms with Crippen LogP contribution in [0.25, 0.3) is 0 Å². The van der Waals surface area contributed by atoms with Crippen molar-refractivity contribution in [1.82, 2.24) is 0 Å². The minimum atomic E-state index is -0.192. The third kappa shape index (κ3) is 5.24. The van der Waals surface area contributed by atoms with Crippen LogP contribution in [-0.2, 0) is 9.59 Å². The highest BCUT2D eigenvalue weighted by Gasteiger charge is 2.08. The zero-order chi connectivity index (χ0) is 18.2. The van der Waals surface area contributed by atoms with Gasteiger partial charge >= 0.3 is 0 Å². The number of rotatable bonds is 7. The summed E-state index contributed by atoms with van der Waals surface area (Å²) in [6, 6.07) is 12.8. The Labute approximate surface area is 147 Å². The third-order valence-corrected chi connectivity index (χ3v) is 3.66. The van der Waals surface area contributed by atoms with E-state index in [1.54, 1.807) is 26.2 Å². The summed E-state index contributed by atoms with van der Waals surface area (Å²) in [7, 11) is 1.58. The van der Waals surface area contributed by atoms with E-state index in [0.717, 1.165) is 11.3 Å². The van der Waals surface area contributed by atoms with Crippen LogP contribution in [-0.4, -0.2) is 25.5 Å². The highest BCUT2D eigenvalue weighted by Crippen LogP contribution is 2.23. The summed E-state index contributed by atoms with van der Waals surface area (Å²) >= 11 is 0. The molecule has 6 nitrogen and oxygen atoms in total. The molecule has 0 fully saturated rings. The van der Waals surface area contributed by atoms with Crippen molar-refractivity contribution in [3.05, 3.63) is 48.0 Å². The second-order valence-corrected chi connectivity index (χ2v) is 5.53. The fourth-order valence-corrected chi connectivity index (χ4v) is 2.24. The monoisotopic (exact) mass is 341 g/mol. The average molecular weight is 341 g/mol. The molecule has 0 saturated heterocycles. The van der Waals surface area contributed by atoms with E-state index in [1.165, 1.54) is 0 Å². The van der Waals surface area contributed by atoms with Crippen LogP contribution in [0.1, 0.15) is 18.9 Å². The number of amides is 2. The lowest BCUT2D eigenvalue weighted by Crippen LogP contribution is -2.22. The van der Waals surface area contributed by atoms with Crippen LogP contribution in [0.15, 0.2) is 42.5 Å². The fourth-order valence-electron chi connectivity index (χ4n) is 2.24. The molecule has 0 unspecified atom stereocenters. The topological polar surface area (TPSA) is 79.5 Å². The number of benzene rings is 2. The average Bonchev–Trinajstić information content (AvgIpc) is 2.62. The van der Waals surface area contributed by atoms with Crippen molar-refractivity contribution >= 4 is 28.9 Å². The summed E-state index contributed by atoms with van der Waals surface area (Å²) in [6.07, 6.45) is 0.402. The van der Waals surface area contributed by atoms with Gasteiger partial charge in [0.15, 0.2) is 0 Å². The normalized spacial score (nSPS) is 10.0. The van der Waals surface area contributed by atoms with Crippen LogP contribution in [0, 0.1) is 6.92 Å². The number of methoxy groups -OCH3 is 1. The third-order valence-electron chi connectivity index (χ3n) is 3.66. The highest BCUT2D eigenvalue weighted by atomic mass is 16.5. The second-order valence-electron chi connectivity index (χ2n) is 5.53. The Hall–Kier alpha value is -3.02. The van der Waals surface area contributed by atoms with Gasteiger partial charge in [0.25, 0.3) is 0 Å². The number of anilines is 3. The lowest BCUT2D eigenvalue weighted by atomic mass is 10.1. The summed E-state index contributed by atoms with van der Waals surface area (Å²) in [5.41, 5.74) is 3.01. The number of hydrogen-bond acceptors (Lipinski definition) is 4. The van der Waals surface area contributed by atoms with Crippen LogP contribution in [0.3, 0.4) is 0 Å². The quantitative estimate of drug-likeness (QED) is 0.721. The minimum absolute atomic E-state index is 0.0654. The number of nitrogens with one attached hydrogen (secondary N) is 3. The lowest BCUT2D eigenvalue weighted by molar-refractivity contribution is -0.116. The van der Waals surface area contributed by atoms with Crippen molar-refractivity contribution in [3.63, 3.8) is 0 Å². The summed E-state index contributed by atoms with van der Waals surface area (Å²) < 4.78 is 5.24. The maximum absolute atomic E-state index is 12.2. The molecule has 0 bridgehead atoms. The van der Waals surface area contributed by atoms with E-state index in [-0.39, 0.29) is 18.4 Å². The first kappa shape index (κ1) is 18.3. The van der Waals surface area contributed by atoms with E-state index in [9.17, 15) is 9.59 Å². The molecule has 0 radical (unpaired) electrons. The predicted octanol–water partition coefficient (Wildman–Crippen LogP) is 3.40. The van der Waals surface area contributed by atoms with Crippen molar-refractivity contribution in [2.24, 2.45) is 0 Å². The molecule has 0 spiro atoms. The van der Waals surface area contributed by atoms with Crippen molar-refractivity contribution in [1.29, 1.82) is 0 Å². The van der Waals surface area contributed by atoms with Gasteiger partial charge in [-0.1, -0.05) is 25.1 Å². The van der Waals surface area contributed by atoms with Crippen LogP contribution in [0.5, 0.6) is 5.75 Å². The molecule has 0 heterocycles. The Morgan fingerprint density at radius 2 is 1.76 bits per heavy atom. The minimum Gasteiger partial charge on any atom is -0.495 e. The van der Waals surface area contributed by atoms with Gasteiger partial charge in [-0.25, -0.2) is 0 Å². The number of hydrogen-bond donors (Lipinski definition) is 3. The SMILES string of the molecule is CCC(=O)Nc1cc(NC(=O)CNc2ccccc2OC)ccc1C. The summed E-state index contributed by atoms with van der Waals surface area (Å²) in [5.74, 6) is 0.419. The number of carbonyl (C=O) groups is 2. The van der Waals surface area contributed by atoms with Crippen LogP contribution in [0.2, 0.25) is 0 Å². The summed E-state index contributed by atoms with van der Waals surface area (Å²) in [6.45, 7) is 3.80. The molecule has 0 aliphatic rings. The molecule has 132 valence electrons. The van der Waals surface area contributed by atoms with E-state index in [0.29, 0.717) is 23.5 Å². The molecule has 3 N–H and O–H groups in total. The smallest absolute Gasteiger partial charge is 0.243 e. The molecule has 0 saturated carbocycles. The Kier molecular flexibility index (Phi) is 6.39. The predicted molar refractivity (Wildman–Crippen MR) is 100 cm³/mol. The molecule has 0 aliphatic heterocycles. The lowest BCUT2D eigenvalue weighted by Gasteiger charge is -2.13. The first-order valence-corrected chi connectivity index (χ1v) is 8.10. The highest BCUT2D eigenvalue weighted by molar-refractivity contribution is 5.96. The van der Waals surface area contributed by atoms with Gasteiger partial charge in [0.05, 0.1) is 19.3 Å². The Balaban J connectivity index is 1.98. The van der Waals surface area contributed by atoms with Gasteiger partial charge < -0.3 is 20.7 Å². The van der Waals surface area contributed by atoms with E-state index in [4.69, 9.17) is 4.74 Å². The Bertz CT molecular complexity index is 759.